The molecule has 1 rings (SSSR count). The Kier molecular flexibility index (Phi) is 3.31. The molecule has 3 nitrogen and oxygen atoms in total. The van der Waals surface area contributed by atoms with Crippen molar-refractivity contribution in [1.29, 1.82) is 0 Å². The van der Waals surface area contributed by atoms with Crippen LogP contribution < -0.4 is 0 Å². The number of hydrogen-bond donors (Lipinski definition) is 1. The Labute approximate surface area is 92.0 Å². The maximum atomic E-state index is 13.1. The van der Waals surface area contributed by atoms with E-state index in [4.69, 9.17) is 5.11 Å². The van der Waals surface area contributed by atoms with Gasteiger partial charge in [0.1, 0.15) is 5.57 Å². The first-order chi connectivity index (χ1) is 7.77. The van der Waals surface area contributed by atoms with Crippen LogP contribution in [0, 0.1) is 23.3 Å². The number of Topliss-reactive ketones (excluding diaryl/α,β-unsaturated/α-hetero) is 1. The van der Waals surface area contributed by atoms with Crippen molar-refractivity contribution in [3.63, 3.8) is 0 Å². The summed E-state index contributed by atoms with van der Waals surface area (Å²) in [6.45, 7) is 2.80. The summed E-state index contributed by atoms with van der Waals surface area (Å²) >= 11 is 0. The van der Waals surface area contributed by atoms with Gasteiger partial charge in [0, 0.05) is 0 Å². The van der Waals surface area contributed by atoms with Crippen LogP contribution in [-0.4, -0.2) is 16.9 Å². The Hall–Kier alpha value is -2.18. The molecule has 0 saturated heterocycles. The molecule has 1 N–H and O–H groups in total. The average Bonchev–Trinajstić information content (AvgIpc) is 2.29. The van der Waals surface area contributed by atoms with Crippen molar-refractivity contribution in [3.8, 4) is 0 Å². The van der Waals surface area contributed by atoms with E-state index in [9.17, 15) is 27.2 Å². The summed E-state index contributed by atoms with van der Waals surface area (Å²) in [5.74, 6) is -11.3. The molecule has 0 unspecified atom stereocenters. The monoisotopic (exact) mass is 248 g/mol. The number of carbonyl (C=O) groups excluding carboxylic acids is 1. The highest BCUT2D eigenvalue weighted by Gasteiger charge is 2.26. The summed E-state index contributed by atoms with van der Waals surface area (Å²) in [5.41, 5.74) is -2.32. The summed E-state index contributed by atoms with van der Waals surface area (Å²) < 4.78 is 51.1. The quantitative estimate of drug-likeness (QED) is 0.169. The number of carboxylic acid groups (broad SMARTS) is 1. The minimum Gasteiger partial charge on any atom is -0.478 e. The van der Waals surface area contributed by atoms with Crippen LogP contribution in [0.1, 0.15) is 10.4 Å². The van der Waals surface area contributed by atoms with Crippen molar-refractivity contribution in [3.05, 3.63) is 47.1 Å². The molecule has 0 atom stereocenters. The van der Waals surface area contributed by atoms with Crippen molar-refractivity contribution in [1.82, 2.24) is 0 Å². The van der Waals surface area contributed by atoms with Gasteiger partial charge in [-0.1, -0.05) is 6.58 Å². The van der Waals surface area contributed by atoms with Crippen LogP contribution in [0.4, 0.5) is 17.6 Å². The lowest BCUT2D eigenvalue weighted by Crippen LogP contribution is -2.15. The Bertz CT molecular complexity index is 537. The molecule has 0 bridgehead atoms. The normalized spacial score (nSPS) is 10.1. The van der Waals surface area contributed by atoms with Gasteiger partial charge in [0.2, 0.25) is 5.78 Å². The van der Waals surface area contributed by atoms with Gasteiger partial charge in [0.25, 0.3) is 0 Å². The van der Waals surface area contributed by atoms with Crippen LogP contribution in [-0.2, 0) is 4.79 Å². The fraction of sp³-hybridized carbons (Fsp3) is 0. The van der Waals surface area contributed by atoms with E-state index in [0.717, 1.165) is 0 Å². The van der Waals surface area contributed by atoms with Crippen molar-refractivity contribution in [2.45, 2.75) is 0 Å². The highest BCUT2D eigenvalue weighted by molar-refractivity contribution is 6.23. The molecule has 0 aromatic heterocycles. The largest absolute Gasteiger partial charge is 0.478 e. The fourth-order valence-electron chi connectivity index (χ4n) is 0.998. The second kappa shape index (κ2) is 4.36. The third kappa shape index (κ3) is 2.17. The number of hydrogen-bond acceptors (Lipinski definition) is 2. The number of benzene rings is 1. The van der Waals surface area contributed by atoms with Crippen molar-refractivity contribution in [2.75, 3.05) is 0 Å². The maximum absolute atomic E-state index is 13.1. The van der Waals surface area contributed by atoms with Gasteiger partial charge in [-0.2, -0.15) is 0 Å². The first-order valence-electron chi connectivity index (χ1n) is 4.07. The predicted molar refractivity (Wildman–Crippen MR) is 47.4 cm³/mol. The number of carbonyl (C=O) groups is 2. The first-order valence-corrected chi connectivity index (χ1v) is 4.07. The Morgan fingerprint density at radius 2 is 1.59 bits per heavy atom. The maximum Gasteiger partial charge on any atom is 0.339 e. The molecule has 0 fully saturated rings. The molecule has 0 heterocycles. The topological polar surface area (TPSA) is 54.4 Å². The molecule has 1 aromatic rings. The third-order valence-corrected chi connectivity index (χ3v) is 1.88. The number of halogens is 4. The van der Waals surface area contributed by atoms with Crippen molar-refractivity contribution < 1.29 is 32.3 Å². The SMILES string of the molecule is C=C(C(=O)O)C(=O)c1cc(F)c(F)c(F)c1F. The Morgan fingerprint density at radius 1 is 1.06 bits per heavy atom. The highest BCUT2D eigenvalue weighted by atomic mass is 19.2. The number of carboxylic acids is 1. The second-order valence-electron chi connectivity index (χ2n) is 2.96. The van der Waals surface area contributed by atoms with E-state index in [1.165, 1.54) is 0 Å². The summed E-state index contributed by atoms with van der Waals surface area (Å²) in [6, 6.07) is 0.0736. The summed E-state index contributed by atoms with van der Waals surface area (Å²) in [6.07, 6.45) is 0. The zero-order valence-electron chi connectivity index (χ0n) is 8.06. The number of rotatable bonds is 3. The lowest BCUT2D eigenvalue weighted by Gasteiger charge is -2.04. The zero-order valence-corrected chi connectivity index (χ0v) is 8.06. The third-order valence-electron chi connectivity index (χ3n) is 1.88. The molecule has 0 amide bonds. The Morgan fingerprint density at radius 3 is 2.06 bits per heavy atom. The molecule has 0 aliphatic heterocycles. The summed E-state index contributed by atoms with van der Waals surface area (Å²) in [7, 11) is 0. The van der Waals surface area contributed by atoms with E-state index < -0.39 is 46.2 Å². The van der Waals surface area contributed by atoms with Gasteiger partial charge in [0.15, 0.2) is 23.3 Å². The molecular formula is C10H4F4O3. The molecule has 1 aromatic carbocycles. The van der Waals surface area contributed by atoms with Gasteiger partial charge >= 0.3 is 5.97 Å². The van der Waals surface area contributed by atoms with Gasteiger partial charge in [-0.3, -0.25) is 4.79 Å². The van der Waals surface area contributed by atoms with Crippen LogP contribution in [0.3, 0.4) is 0 Å². The van der Waals surface area contributed by atoms with E-state index in [0.29, 0.717) is 0 Å². The lowest BCUT2D eigenvalue weighted by molar-refractivity contribution is -0.132. The minimum atomic E-state index is -2.19. The lowest BCUT2D eigenvalue weighted by atomic mass is 10.0. The van der Waals surface area contributed by atoms with Crippen molar-refractivity contribution in [2.24, 2.45) is 0 Å². The molecule has 17 heavy (non-hydrogen) atoms. The summed E-state index contributed by atoms with van der Waals surface area (Å²) in [4.78, 5) is 21.6. The van der Waals surface area contributed by atoms with E-state index in [-0.39, 0.29) is 6.07 Å². The van der Waals surface area contributed by atoms with Gasteiger partial charge in [-0.25, -0.2) is 22.4 Å². The number of ketones is 1. The molecule has 0 aliphatic carbocycles. The fourth-order valence-corrected chi connectivity index (χ4v) is 0.998. The first kappa shape index (κ1) is 12.9. The van der Waals surface area contributed by atoms with Gasteiger partial charge in [-0.15, -0.1) is 0 Å². The highest BCUT2D eigenvalue weighted by Crippen LogP contribution is 2.20. The zero-order chi connectivity index (χ0) is 13.3. The van der Waals surface area contributed by atoms with E-state index in [1.54, 1.807) is 0 Å². The standard InChI is InChI=1S/C10H4F4O3/c1-3(10(16)17)9(15)4-2-5(11)7(13)8(14)6(4)12/h2H,1H2,(H,16,17). The van der Waals surface area contributed by atoms with Crippen LogP contribution in [0.5, 0.6) is 0 Å². The van der Waals surface area contributed by atoms with Crippen LogP contribution in [0.25, 0.3) is 0 Å². The van der Waals surface area contributed by atoms with E-state index in [1.807, 2.05) is 0 Å². The Balaban J connectivity index is 3.39. The van der Waals surface area contributed by atoms with Crippen molar-refractivity contribution >= 4 is 11.8 Å². The smallest absolute Gasteiger partial charge is 0.339 e. The molecular weight excluding hydrogens is 244 g/mol. The van der Waals surface area contributed by atoms with Crippen LogP contribution in [0.15, 0.2) is 18.2 Å². The van der Waals surface area contributed by atoms with Crippen LogP contribution in [0.2, 0.25) is 0 Å². The van der Waals surface area contributed by atoms with Crippen LogP contribution >= 0.6 is 0 Å². The average molecular weight is 248 g/mol. The minimum absolute atomic E-state index is 0.0736. The molecule has 0 aliphatic rings. The molecule has 0 radical (unpaired) electrons. The second-order valence-corrected chi connectivity index (χ2v) is 2.96. The molecule has 0 saturated carbocycles. The van der Waals surface area contributed by atoms with E-state index >= 15 is 0 Å². The number of aliphatic carboxylic acids is 1. The molecule has 90 valence electrons. The van der Waals surface area contributed by atoms with Gasteiger partial charge in [0.05, 0.1) is 5.56 Å². The van der Waals surface area contributed by atoms with Gasteiger partial charge < -0.3 is 5.11 Å². The van der Waals surface area contributed by atoms with Gasteiger partial charge in [-0.05, 0) is 6.07 Å². The molecule has 7 heteroatoms. The molecule has 0 spiro atoms. The predicted octanol–water partition coefficient (Wildman–Crippen LogP) is 2.07. The van der Waals surface area contributed by atoms with E-state index in [2.05, 4.69) is 6.58 Å². The summed E-state index contributed by atoms with van der Waals surface area (Å²) in [5, 5.41) is 8.39.